The van der Waals surface area contributed by atoms with E-state index in [0.717, 1.165) is 5.92 Å². The van der Waals surface area contributed by atoms with E-state index in [-0.39, 0.29) is 0 Å². The van der Waals surface area contributed by atoms with E-state index in [1.54, 1.807) is 5.56 Å². The van der Waals surface area contributed by atoms with Gasteiger partial charge < -0.3 is 5.32 Å². The van der Waals surface area contributed by atoms with E-state index < -0.39 is 0 Å². The molecule has 2 aliphatic rings. The number of hydrogen-bond donors (Lipinski definition) is 1. The number of fused-ring (bicyclic) bond motifs is 1. The highest BCUT2D eigenvalue weighted by atomic mass is 15.0. The number of rotatable bonds is 1. The molecule has 1 heterocycles. The van der Waals surface area contributed by atoms with Crippen LogP contribution in [0.1, 0.15) is 17.5 Å². The van der Waals surface area contributed by atoms with Gasteiger partial charge in [-0.2, -0.15) is 0 Å². The number of aryl methyl sites for hydroxylation is 1. The van der Waals surface area contributed by atoms with E-state index in [1.807, 2.05) is 0 Å². The molecule has 68 valence electrons. The van der Waals surface area contributed by atoms with Crippen molar-refractivity contribution in [2.24, 2.45) is 5.92 Å². The van der Waals surface area contributed by atoms with Crippen molar-refractivity contribution in [1.82, 2.24) is 5.32 Å². The fourth-order valence-electron chi connectivity index (χ4n) is 2.68. The summed E-state index contributed by atoms with van der Waals surface area (Å²) in [5.74, 6) is 0.926. The molecule has 1 aliphatic carbocycles. The molecule has 3 rings (SSSR count). The van der Waals surface area contributed by atoms with Crippen LogP contribution in [0.25, 0.3) is 0 Å². The highest BCUT2D eigenvalue weighted by Gasteiger charge is 2.57. The van der Waals surface area contributed by atoms with Crippen molar-refractivity contribution in [2.75, 3.05) is 13.1 Å². The summed E-state index contributed by atoms with van der Waals surface area (Å²) in [6.07, 6.45) is 1.41. The SMILES string of the molecule is Cc1ccc([C@]23CNC[C@H]2C3)cc1. The molecule has 1 aromatic carbocycles. The fourth-order valence-corrected chi connectivity index (χ4v) is 2.68. The van der Waals surface area contributed by atoms with Gasteiger partial charge in [-0.1, -0.05) is 29.8 Å². The molecule has 0 radical (unpaired) electrons. The van der Waals surface area contributed by atoms with Crippen LogP contribution in [0.5, 0.6) is 0 Å². The van der Waals surface area contributed by atoms with Gasteiger partial charge in [-0.15, -0.1) is 0 Å². The number of nitrogens with one attached hydrogen (secondary N) is 1. The lowest BCUT2D eigenvalue weighted by atomic mass is 9.94. The molecule has 0 unspecified atom stereocenters. The molecule has 1 saturated heterocycles. The number of benzene rings is 1. The summed E-state index contributed by atoms with van der Waals surface area (Å²) < 4.78 is 0. The van der Waals surface area contributed by atoms with Crippen molar-refractivity contribution in [3.8, 4) is 0 Å². The molecule has 1 nitrogen and oxygen atoms in total. The van der Waals surface area contributed by atoms with Crippen LogP contribution in [-0.4, -0.2) is 13.1 Å². The Morgan fingerprint density at radius 1 is 1.31 bits per heavy atom. The second-order valence-corrected chi connectivity index (χ2v) is 4.55. The number of hydrogen-bond acceptors (Lipinski definition) is 1. The zero-order valence-electron chi connectivity index (χ0n) is 8.01. The summed E-state index contributed by atoms with van der Waals surface area (Å²) in [5.41, 5.74) is 3.45. The average Bonchev–Trinajstić information content (AvgIpc) is 2.71. The Hall–Kier alpha value is -0.820. The van der Waals surface area contributed by atoms with Crippen LogP contribution in [-0.2, 0) is 5.41 Å². The maximum absolute atomic E-state index is 3.48. The molecule has 1 heteroatoms. The third-order valence-electron chi connectivity index (χ3n) is 3.69. The van der Waals surface area contributed by atoms with E-state index >= 15 is 0 Å². The van der Waals surface area contributed by atoms with E-state index in [2.05, 4.69) is 36.5 Å². The third kappa shape index (κ3) is 0.969. The first kappa shape index (κ1) is 7.57. The van der Waals surface area contributed by atoms with Crippen molar-refractivity contribution in [1.29, 1.82) is 0 Å². The summed E-state index contributed by atoms with van der Waals surface area (Å²) in [6, 6.07) is 9.08. The molecular weight excluding hydrogens is 158 g/mol. The van der Waals surface area contributed by atoms with Crippen molar-refractivity contribution in [3.05, 3.63) is 35.4 Å². The largest absolute Gasteiger partial charge is 0.316 e. The van der Waals surface area contributed by atoms with Crippen LogP contribution < -0.4 is 5.32 Å². The van der Waals surface area contributed by atoms with Gasteiger partial charge in [0.05, 0.1) is 0 Å². The second kappa shape index (κ2) is 2.36. The zero-order chi connectivity index (χ0) is 8.89. The fraction of sp³-hybridized carbons (Fsp3) is 0.500. The normalized spacial score (nSPS) is 35.9. The van der Waals surface area contributed by atoms with Gasteiger partial charge in [0.1, 0.15) is 0 Å². The van der Waals surface area contributed by atoms with Crippen LogP contribution in [0.4, 0.5) is 0 Å². The Labute approximate surface area is 79.2 Å². The lowest BCUT2D eigenvalue weighted by Crippen LogP contribution is -2.19. The van der Waals surface area contributed by atoms with E-state index in [9.17, 15) is 0 Å². The standard InChI is InChI=1S/C12H15N/c1-9-2-4-10(5-3-9)12-6-11(12)7-13-8-12/h2-5,11,13H,6-8H2,1H3/t11-,12+/m1/s1. The Morgan fingerprint density at radius 3 is 2.62 bits per heavy atom. The molecule has 0 amide bonds. The molecule has 0 spiro atoms. The summed E-state index contributed by atoms with van der Waals surface area (Å²) in [6.45, 7) is 4.58. The molecule has 1 aliphatic heterocycles. The maximum Gasteiger partial charge on any atom is 0.0122 e. The van der Waals surface area contributed by atoms with Gasteiger partial charge >= 0.3 is 0 Å². The molecule has 1 aromatic rings. The predicted molar refractivity (Wildman–Crippen MR) is 53.8 cm³/mol. The van der Waals surface area contributed by atoms with E-state index in [4.69, 9.17) is 0 Å². The molecule has 1 N–H and O–H groups in total. The Morgan fingerprint density at radius 2 is 2.08 bits per heavy atom. The van der Waals surface area contributed by atoms with Crippen molar-refractivity contribution >= 4 is 0 Å². The summed E-state index contributed by atoms with van der Waals surface area (Å²) in [7, 11) is 0. The molecule has 13 heavy (non-hydrogen) atoms. The molecule has 1 saturated carbocycles. The smallest absolute Gasteiger partial charge is 0.0122 e. The van der Waals surface area contributed by atoms with Gasteiger partial charge in [0, 0.05) is 12.0 Å². The first-order valence-corrected chi connectivity index (χ1v) is 5.09. The Bertz CT molecular complexity index is 327. The van der Waals surface area contributed by atoms with Gasteiger partial charge in [0.25, 0.3) is 0 Å². The summed E-state index contributed by atoms with van der Waals surface area (Å²) in [5, 5.41) is 3.48. The van der Waals surface area contributed by atoms with Gasteiger partial charge in [-0.25, -0.2) is 0 Å². The quantitative estimate of drug-likeness (QED) is 0.683. The molecule has 0 aromatic heterocycles. The van der Waals surface area contributed by atoms with Gasteiger partial charge in [0.15, 0.2) is 0 Å². The first-order chi connectivity index (χ1) is 6.31. The van der Waals surface area contributed by atoms with Gasteiger partial charge in [0.2, 0.25) is 0 Å². The summed E-state index contributed by atoms with van der Waals surface area (Å²) >= 11 is 0. The van der Waals surface area contributed by atoms with E-state index in [1.165, 1.54) is 25.1 Å². The minimum atomic E-state index is 0.535. The Balaban J connectivity index is 1.97. The molecule has 2 atom stereocenters. The van der Waals surface area contributed by atoms with E-state index in [0.29, 0.717) is 5.41 Å². The minimum absolute atomic E-state index is 0.535. The zero-order valence-corrected chi connectivity index (χ0v) is 8.01. The van der Waals surface area contributed by atoms with Crippen LogP contribution in [0.15, 0.2) is 24.3 Å². The molecular formula is C12H15N. The van der Waals surface area contributed by atoms with Crippen LogP contribution in [0, 0.1) is 12.8 Å². The van der Waals surface area contributed by atoms with Crippen LogP contribution in [0.3, 0.4) is 0 Å². The Kier molecular flexibility index (Phi) is 1.37. The highest BCUT2D eigenvalue weighted by molar-refractivity contribution is 5.38. The predicted octanol–water partition coefficient (Wildman–Crippen LogP) is 1.86. The molecule has 2 fully saturated rings. The van der Waals surface area contributed by atoms with Crippen molar-refractivity contribution < 1.29 is 0 Å². The van der Waals surface area contributed by atoms with Gasteiger partial charge in [-0.05, 0) is 31.4 Å². The molecule has 0 bridgehead atoms. The van der Waals surface area contributed by atoms with Crippen molar-refractivity contribution in [2.45, 2.75) is 18.8 Å². The number of piperidine rings is 1. The first-order valence-electron chi connectivity index (χ1n) is 5.09. The summed E-state index contributed by atoms with van der Waals surface area (Å²) in [4.78, 5) is 0. The maximum atomic E-state index is 3.48. The minimum Gasteiger partial charge on any atom is -0.316 e. The van der Waals surface area contributed by atoms with Crippen LogP contribution >= 0.6 is 0 Å². The lowest BCUT2D eigenvalue weighted by molar-refractivity contribution is 0.675. The second-order valence-electron chi connectivity index (χ2n) is 4.55. The topological polar surface area (TPSA) is 12.0 Å². The third-order valence-corrected chi connectivity index (χ3v) is 3.69. The van der Waals surface area contributed by atoms with Crippen LogP contribution in [0.2, 0.25) is 0 Å². The van der Waals surface area contributed by atoms with Gasteiger partial charge in [-0.3, -0.25) is 0 Å². The average molecular weight is 173 g/mol. The highest BCUT2D eigenvalue weighted by Crippen LogP contribution is 2.56. The monoisotopic (exact) mass is 173 g/mol. The lowest BCUT2D eigenvalue weighted by Gasteiger charge is -2.11. The van der Waals surface area contributed by atoms with Crippen molar-refractivity contribution in [3.63, 3.8) is 0 Å².